The highest BCUT2D eigenvalue weighted by Gasteiger charge is 2.53. The molecule has 0 N–H and O–H groups in total. The molecule has 2 aliphatic heterocycles. The van der Waals surface area contributed by atoms with Crippen molar-refractivity contribution in [3.8, 4) is 0 Å². The molecule has 0 bridgehead atoms. The second kappa shape index (κ2) is 5.07. The van der Waals surface area contributed by atoms with Crippen molar-refractivity contribution in [2.75, 3.05) is 6.61 Å². The summed E-state index contributed by atoms with van der Waals surface area (Å²) in [6.45, 7) is 10.9. The Morgan fingerprint density at radius 3 is 2.33 bits per heavy atom. The first-order chi connectivity index (χ1) is 9.80. The van der Waals surface area contributed by atoms with Crippen molar-refractivity contribution < 1.29 is 14.0 Å². The summed E-state index contributed by atoms with van der Waals surface area (Å²) in [5, 5.41) is 9.07. The summed E-state index contributed by atoms with van der Waals surface area (Å²) in [5.41, 5.74) is 0.857. The molecule has 21 heavy (non-hydrogen) atoms. The molecule has 1 unspecified atom stereocenters. The Bertz CT molecular complexity index is 508. The molecule has 3 rings (SSSR count). The fourth-order valence-corrected chi connectivity index (χ4v) is 2.62. The Kier molecular flexibility index (Phi) is 3.62. The number of aryl methyl sites for hydroxylation is 1. The maximum atomic E-state index is 6.05. The average molecular weight is 293 g/mol. The van der Waals surface area contributed by atoms with Gasteiger partial charge in [0.05, 0.1) is 16.9 Å². The second-order valence-corrected chi connectivity index (χ2v) is 6.90. The van der Waals surface area contributed by atoms with Gasteiger partial charge in [-0.05, 0) is 53.9 Å². The first-order valence-corrected chi connectivity index (χ1v) is 7.71. The van der Waals surface area contributed by atoms with Crippen molar-refractivity contribution in [1.82, 2.24) is 15.0 Å². The monoisotopic (exact) mass is 293 g/mol. The van der Waals surface area contributed by atoms with E-state index in [0.29, 0.717) is 0 Å². The summed E-state index contributed by atoms with van der Waals surface area (Å²) in [7, 11) is -0.465. The summed E-state index contributed by atoms with van der Waals surface area (Å²) in [6.07, 6.45) is 3.16. The number of aromatic nitrogens is 3. The second-order valence-electron chi connectivity index (χ2n) is 6.90. The van der Waals surface area contributed by atoms with E-state index in [1.54, 1.807) is 4.80 Å². The van der Waals surface area contributed by atoms with E-state index in [4.69, 9.17) is 14.0 Å². The van der Waals surface area contributed by atoms with Crippen LogP contribution in [0.1, 0.15) is 58.9 Å². The van der Waals surface area contributed by atoms with Crippen LogP contribution >= 0.6 is 0 Å². The summed E-state index contributed by atoms with van der Waals surface area (Å²) >= 11 is 0. The van der Waals surface area contributed by atoms with Crippen molar-refractivity contribution in [1.29, 1.82) is 0 Å². The minimum atomic E-state index is -0.465. The molecule has 116 valence electrons. The molecule has 2 saturated heterocycles. The van der Waals surface area contributed by atoms with Gasteiger partial charge in [0.2, 0.25) is 0 Å². The van der Waals surface area contributed by atoms with Crippen LogP contribution in [0.4, 0.5) is 0 Å². The summed E-state index contributed by atoms with van der Waals surface area (Å²) < 4.78 is 17.8. The molecule has 0 saturated carbocycles. The van der Waals surface area contributed by atoms with Crippen LogP contribution in [0.25, 0.3) is 0 Å². The van der Waals surface area contributed by atoms with Crippen molar-refractivity contribution in [2.45, 2.75) is 71.3 Å². The van der Waals surface area contributed by atoms with Gasteiger partial charge < -0.3 is 14.0 Å². The predicted molar refractivity (Wildman–Crippen MR) is 79.3 cm³/mol. The zero-order valence-electron chi connectivity index (χ0n) is 13.5. The summed E-state index contributed by atoms with van der Waals surface area (Å²) in [6, 6.07) is 0. The Balaban J connectivity index is 1.82. The number of rotatable bonds is 2. The van der Waals surface area contributed by atoms with E-state index in [-0.39, 0.29) is 17.4 Å². The van der Waals surface area contributed by atoms with Gasteiger partial charge in [-0.3, -0.25) is 0 Å². The van der Waals surface area contributed by atoms with Crippen LogP contribution in [0.3, 0.4) is 0 Å². The molecule has 7 heteroatoms. The number of ether oxygens (including phenoxy) is 1. The summed E-state index contributed by atoms with van der Waals surface area (Å²) in [4.78, 5) is 1.68. The lowest BCUT2D eigenvalue weighted by molar-refractivity contribution is -0.0480. The first kappa shape index (κ1) is 15.0. The Labute approximate surface area is 126 Å². The van der Waals surface area contributed by atoms with Gasteiger partial charge in [-0.15, -0.1) is 0 Å². The van der Waals surface area contributed by atoms with E-state index in [1.165, 1.54) is 0 Å². The quantitative estimate of drug-likeness (QED) is 0.775. The van der Waals surface area contributed by atoms with Crippen LogP contribution in [-0.4, -0.2) is 39.9 Å². The Hall–Kier alpha value is -0.915. The fraction of sp³-hybridized carbons (Fsp3) is 0.857. The molecular weight excluding hydrogens is 269 g/mol. The van der Waals surface area contributed by atoms with Crippen LogP contribution in [0, 0.1) is 6.92 Å². The molecule has 0 spiro atoms. The van der Waals surface area contributed by atoms with Crippen LogP contribution in [0.5, 0.6) is 0 Å². The smallest absolute Gasteiger partial charge is 0.398 e. The van der Waals surface area contributed by atoms with Gasteiger partial charge in [-0.1, -0.05) is 0 Å². The zero-order chi connectivity index (χ0) is 15.3. The third-order valence-electron chi connectivity index (χ3n) is 4.72. The molecule has 1 aromatic rings. The zero-order valence-corrected chi connectivity index (χ0v) is 13.5. The third kappa shape index (κ3) is 2.62. The van der Waals surface area contributed by atoms with E-state index in [2.05, 4.69) is 10.2 Å². The first-order valence-electron chi connectivity index (χ1n) is 7.71. The number of hydrogen-bond donors (Lipinski definition) is 0. The van der Waals surface area contributed by atoms with Gasteiger partial charge in [0.25, 0.3) is 0 Å². The fourth-order valence-electron chi connectivity index (χ4n) is 2.62. The molecule has 0 aliphatic carbocycles. The summed E-state index contributed by atoms with van der Waals surface area (Å²) in [5.74, 6) is 0. The normalized spacial score (nSPS) is 28.0. The minimum absolute atomic E-state index is 0.0615. The molecule has 6 nitrogen and oxygen atoms in total. The molecule has 0 radical (unpaired) electrons. The van der Waals surface area contributed by atoms with Crippen molar-refractivity contribution >= 4 is 12.7 Å². The molecule has 1 aromatic heterocycles. The number of hydrogen-bond acceptors (Lipinski definition) is 5. The average Bonchev–Trinajstić information content (AvgIpc) is 2.89. The molecule has 0 amide bonds. The van der Waals surface area contributed by atoms with Gasteiger partial charge in [-0.2, -0.15) is 15.0 Å². The van der Waals surface area contributed by atoms with Gasteiger partial charge in [0, 0.05) is 6.61 Å². The minimum Gasteiger partial charge on any atom is -0.398 e. The molecule has 1 atom stereocenters. The third-order valence-corrected chi connectivity index (χ3v) is 4.72. The molecule has 0 aromatic carbocycles. The highest BCUT2D eigenvalue weighted by Crippen LogP contribution is 2.36. The van der Waals surface area contributed by atoms with Crippen molar-refractivity contribution in [2.24, 2.45) is 0 Å². The molecule has 3 heterocycles. The molecular formula is C14H24BN3O3. The van der Waals surface area contributed by atoms with Gasteiger partial charge in [-0.25, -0.2) is 0 Å². The van der Waals surface area contributed by atoms with Crippen LogP contribution in [0.15, 0.2) is 0 Å². The largest absolute Gasteiger partial charge is 0.518 e. The lowest BCUT2D eigenvalue weighted by Gasteiger charge is -2.32. The molecule has 2 fully saturated rings. The van der Waals surface area contributed by atoms with Crippen molar-refractivity contribution in [3.63, 3.8) is 0 Å². The van der Waals surface area contributed by atoms with E-state index in [1.807, 2.05) is 34.6 Å². The maximum absolute atomic E-state index is 6.05. The van der Waals surface area contributed by atoms with Crippen LogP contribution < -0.4 is 5.59 Å². The lowest BCUT2D eigenvalue weighted by atomic mass is 9.83. The highest BCUT2D eigenvalue weighted by molar-refractivity contribution is 6.61. The molecule has 2 aliphatic rings. The standard InChI is InChI=1S/C14H24BN3O3/c1-10-12(15-20-13(2,3)14(4,5)21-15)17-18(16-10)11-8-6-7-9-19-11/h11H,6-9H2,1-5H3. The van der Waals surface area contributed by atoms with Crippen LogP contribution in [0.2, 0.25) is 0 Å². The van der Waals surface area contributed by atoms with Gasteiger partial charge in [0.15, 0.2) is 6.23 Å². The highest BCUT2D eigenvalue weighted by atomic mass is 16.7. The van der Waals surface area contributed by atoms with Crippen molar-refractivity contribution in [3.05, 3.63) is 5.69 Å². The SMILES string of the molecule is Cc1nn(C2CCCCO2)nc1B1OC(C)(C)C(C)(C)O1. The lowest BCUT2D eigenvalue weighted by Crippen LogP contribution is -2.41. The Morgan fingerprint density at radius 1 is 1.10 bits per heavy atom. The predicted octanol–water partition coefficient (Wildman–Crippen LogP) is 1.58. The van der Waals surface area contributed by atoms with E-state index >= 15 is 0 Å². The van der Waals surface area contributed by atoms with Gasteiger partial charge in [0.1, 0.15) is 5.59 Å². The van der Waals surface area contributed by atoms with E-state index < -0.39 is 7.12 Å². The van der Waals surface area contributed by atoms with E-state index in [0.717, 1.165) is 37.2 Å². The topological polar surface area (TPSA) is 58.4 Å². The Morgan fingerprint density at radius 2 is 1.76 bits per heavy atom. The number of nitrogens with zero attached hydrogens (tertiary/aromatic N) is 3. The maximum Gasteiger partial charge on any atom is 0.518 e. The van der Waals surface area contributed by atoms with E-state index in [9.17, 15) is 0 Å². The van der Waals surface area contributed by atoms with Gasteiger partial charge >= 0.3 is 7.12 Å². The van der Waals surface area contributed by atoms with Crippen LogP contribution in [-0.2, 0) is 14.0 Å².